The van der Waals surface area contributed by atoms with Crippen molar-refractivity contribution in [3.63, 3.8) is 0 Å². The zero-order valence-electron chi connectivity index (χ0n) is 8.48. The third kappa shape index (κ3) is 2.75. The minimum Gasteiger partial charge on any atom is -0.275 e. The van der Waals surface area contributed by atoms with Gasteiger partial charge in [-0.3, -0.25) is 10.1 Å². The Bertz CT molecular complexity index is 516. The molecule has 1 aliphatic rings. The summed E-state index contributed by atoms with van der Waals surface area (Å²) in [6.07, 6.45) is 1.43. The van der Waals surface area contributed by atoms with E-state index in [9.17, 15) is 9.59 Å². The highest BCUT2D eigenvalue weighted by Crippen LogP contribution is 2.21. The average molecular weight is 272 g/mol. The van der Waals surface area contributed by atoms with E-state index in [0.29, 0.717) is 15.6 Å². The summed E-state index contributed by atoms with van der Waals surface area (Å²) in [5.41, 5.74) is 0.687. The van der Waals surface area contributed by atoms with Gasteiger partial charge in [-0.15, -0.1) is 0 Å². The van der Waals surface area contributed by atoms with E-state index in [-0.39, 0.29) is 12.5 Å². The minimum absolute atomic E-state index is 0.0728. The summed E-state index contributed by atoms with van der Waals surface area (Å²) in [7, 11) is 0. The molecule has 0 aromatic heterocycles. The van der Waals surface area contributed by atoms with Crippen molar-refractivity contribution in [1.29, 1.82) is 0 Å². The number of nitrogens with one attached hydrogen (secondary N) is 1. The Labute approximate surface area is 107 Å². The third-order valence-corrected chi connectivity index (χ3v) is 2.80. The molecule has 0 aliphatic carbocycles. The Balaban J connectivity index is 2.12. The first-order valence-electron chi connectivity index (χ1n) is 4.66. The molecule has 0 bridgehead atoms. The smallest absolute Gasteiger partial charge is 0.275 e. The van der Waals surface area contributed by atoms with Crippen LogP contribution in [0.4, 0.5) is 4.79 Å². The summed E-state index contributed by atoms with van der Waals surface area (Å²) in [4.78, 5) is 22.0. The van der Waals surface area contributed by atoms with Crippen molar-refractivity contribution in [3.8, 4) is 0 Å². The highest BCUT2D eigenvalue weighted by molar-refractivity contribution is 6.42. The van der Waals surface area contributed by atoms with Crippen LogP contribution in [-0.4, -0.2) is 29.7 Å². The number of carbonyl (C=O) groups is 2. The molecule has 0 spiro atoms. The molecule has 1 aliphatic heterocycles. The number of carbonyl (C=O) groups excluding carboxylic acids is 2. The van der Waals surface area contributed by atoms with Crippen LogP contribution in [0, 0.1) is 0 Å². The summed E-state index contributed by atoms with van der Waals surface area (Å²) in [6.45, 7) is -0.0728. The molecule has 88 valence electrons. The van der Waals surface area contributed by atoms with Gasteiger partial charge in [0, 0.05) is 0 Å². The van der Waals surface area contributed by atoms with Crippen LogP contribution in [0.3, 0.4) is 0 Å². The van der Waals surface area contributed by atoms with Crippen molar-refractivity contribution in [3.05, 3.63) is 33.8 Å². The van der Waals surface area contributed by atoms with Crippen LogP contribution in [-0.2, 0) is 4.79 Å². The van der Waals surface area contributed by atoms with E-state index in [1.165, 1.54) is 6.21 Å². The SMILES string of the molecule is O=C1CN(/N=C/c2ccc(Cl)c(Cl)c2)C(=O)N1. The Kier molecular flexibility index (Phi) is 3.31. The molecule has 0 saturated carbocycles. The molecular weight excluding hydrogens is 265 g/mol. The van der Waals surface area contributed by atoms with Crippen molar-refractivity contribution >= 4 is 41.4 Å². The van der Waals surface area contributed by atoms with Crippen LogP contribution in [0.5, 0.6) is 0 Å². The largest absolute Gasteiger partial charge is 0.344 e. The van der Waals surface area contributed by atoms with E-state index >= 15 is 0 Å². The first kappa shape index (κ1) is 11.9. The Morgan fingerprint density at radius 3 is 2.65 bits per heavy atom. The minimum atomic E-state index is -0.536. The van der Waals surface area contributed by atoms with E-state index in [1.807, 2.05) is 0 Å². The number of urea groups is 1. The summed E-state index contributed by atoms with van der Waals surface area (Å²) in [5.74, 6) is -0.374. The van der Waals surface area contributed by atoms with Crippen LogP contribution >= 0.6 is 23.2 Å². The molecule has 0 atom stereocenters. The molecule has 3 amide bonds. The topological polar surface area (TPSA) is 61.8 Å². The number of hydrazone groups is 1. The molecular formula is C10H7Cl2N3O2. The maximum atomic E-state index is 11.2. The van der Waals surface area contributed by atoms with Crippen molar-refractivity contribution in [2.24, 2.45) is 5.10 Å². The first-order chi connectivity index (χ1) is 8.06. The van der Waals surface area contributed by atoms with Gasteiger partial charge in [0.15, 0.2) is 0 Å². The molecule has 7 heteroatoms. The fraction of sp³-hybridized carbons (Fsp3) is 0.100. The molecule has 5 nitrogen and oxygen atoms in total. The predicted molar refractivity (Wildman–Crippen MR) is 64.3 cm³/mol. The summed E-state index contributed by atoms with van der Waals surface area (Å²) in [6, 6.07) is 4.41. The molecule has 0 unspecified atom stereocenters. The number of imide groups is 1. The number of nitrogens with zero attached hydrogens (tertiary/aromatic N) is 2. The molecule has 1 heterocycles. The molecule has 1 fully saturated rings. The van der Waals surface area contributed by atoms with Gasteiger partial charge >= 0.3 is 6.03 Å². The van der Waals surface area contributed by atoms with Crippen LogP contribution in [0.2, 0.25) is 10.0 Å². The van der Waals surface area contributed by atoms with E-state index < -0.39 is 6.03 Å². The second-order valence-electron chi connectivity index (χ2n) is 3.33. The zero-order chi connectivity index (χ0) is 12.4. The molecule has 1 aromatic rings. The highest BCUT2D eigenvalue weighted by atomic mass is 35.5. The molecule has 0 radical (unpaired) electrons. The fourth-order valence-corrected chi connectivity index (χ4v) is 1.56. The van der Waals surface area contributed by atoms with Crippen molar-refractivity contribution in [2.75, 3.05) is 6.54 Å². The van der Waals surface area contributed by atoms with Gasteiger partial charge in [0.1, 0.15) is 6.54 Å². The van der Waals surface area contributed by atoms with Gasteiger partial charge in [-0.05, 0) is 17.7 Å². The lowest BCUT2D eigenvalue weighted by molar-refractivity contribution is -0.118. The van der Waals surface area contributed by atoms with E-state index in [1.54, 1.807) is 18.2 Å². The highest BCUT2D eigenvalue weighted by Gasteiger charge is 2.25. The summed E-state index contributed by atoms with van der Waals surface area (Å²) < 4.78 is 0. The lowest BCUT2D eigenvalue weighted by Gasteiger charge is -2.04. The average Bonchev–Trinajstić information content (AvgIpc) is 2.59. The van der Waals surface area contributed by atoms with E-state index in [2.05, 4.69) is 10.4 Å². The van der Waals surface area contributed by atoms with Gasteiger partial charge < -0.3 is 0 Å². The summed E-state index contributed by atoms with van der Waals surface area (Å²) >= 11 is 11.6. The predicted octanol–water partition coefficient (Wildman–Crippen LogP) is 1.88. The second-order valence-corrected chi connectivity index (χ2v) is 4.14. The Hall–Kier alpha value is -1.59. The van der Waals surface area contributed by atoms with Gasteiger partial charge in [-0.1, -0.05) is 29.3 Å². The van der Waals surface area contributed by atoms with Crippen molar-refractivity contribution in [2.45, 2.75) is 0 Å². The number of hydrogen-bond donors (Lipinski definition) is 1. The number of rotatable bonds is 2. The number of amides is 3. The second kappa shape index (κ2) is 4.73. The monoisotopic (exact) mass is 271 g/mol. The van der Waals surface area contributed by atoms with E-state index in [4.69, 9.17) is 23.2 Å². The molecule has 2 rings (SSSR count). The van der Waals surface area contributed by atoms with Crippen LogP contribution < -0.4 is 5.32 Å². The number of hydrogen-bond acceptors (Lipinski definition) is 3. The van der Waals surface area contributed by atoms with Gasteiger partial charge in [0.05, 0.1) is 16.3 Å². The molecule has 17 heavy (non-hydrogen) atoms. The van der Waals surface area contributed by atoms with Crippen molar-refractivity contribution < 1.29 is 9.59 Å². The number of benzene rings is 1. The quantitative estimate of drug-likeness (QED) is 0.660. The van der Waals surface area contributed by atoms with Crippen LogP contribution in [0.25, 0.3) is 0 Å². The number of halogens is 2. The van der Waals surface area contributed by atoms with Crippen molar-refractivity contribution in [1.82, 2.24) is 10.3 Å². The normalized spacial score (nSPS) is 15.8. The van der Waals surface area contributed by atoms with Gasteiger partial charge in [0.2, 0.25) is 5.91 Å². The summed E-state index contributed by atoms with van der Waals surface area (Å²) in [5, 5.41) is 7.86. The lowest BCUT2D eigenvalue weighted by atomic mass is 10.2. The molecule has 1 N–H and O–H groups in total. The fourth-order valence-electron chi connectivity index (χ4n) is 1.25. The van der Waals surface area contributed by atoms with Crippen LogP contribution in [0.1, 0.15) is 5.56 Å². The first-order valence-corrected chi connectivity index (χ1v) is 5.42. The zero-order valence-corrected chi connectivity index (χ0v) is 10.00. The lowest BCUT2D eigenvalue weighted by Crippen LogP contribution is -2.24. The maximum absolute atomic E-state index is 11.2. The Morgan fingerprint density at radius 1 is 1.29 bits per heavy atom. The van der Waals surface area contributed by atoms with E-state index in [0.717, 1.165) is 5.01 Å². The van der Waals surface area contributed by atoms with Crippen LogP contribution in [0.15, 0.2) is 23.3 Å². The van der Waals surface area contributed by atoms with Gasteiger partial charge in [-0.25, -0.2) is 9.80 Å². The third-order valence-electron chi connectivity index (χ3n) is 2.06. The van der Waals surface area contributed by atoms with Gasteiger partial charge in [0.25, 0.3) is 0 Å². The van der Waals surface area contributed by atoms with Gasteiger partial charge in [-0.2, -0.15) is 5.10 Å². The Morgan fingerprint density at radius 2 is 2.06 bits per heavy atom. The standard InChI is InChI=1S/C10H7Cl2N3O2/c11-7-2-1-6(3-8(7)12)4-13-15-5-9(16)14-10(15)17/h1-4H,5H2,(H,14,16,17)/b13-4+. The molecule has 1 saturated heterocycles. The molecule has 1 aromatic carbocycles. The maximum Gasteiger partial charge on any atom is 0.344 e.